The molecule has 3 heteroatoms. The van der Waals surface area contributed by atoms with Crippen LogP contribution in [-0.4, -0.2) is 30.7 Å². The number of hydrogen-bond acceptors (Lipinski definition) is 3. The van der Waals surface area contributed by atoms with E-state index in [4.69, 9.17) is 9.47 Å². The van der Waals surface area contributed by atoms with Crippen molar-refractivity contribution in [1.29, 1.82) is 0 Å². The fourth-order valence-corrected chi connectivity index (χ4v) is 5.39. The van der Waals surface area contributed by atoms with Crippen LogP contribution < -0.4 is 0 Å². The van der Waals surface area contributed by atoms with Crippen molar-refractivity contribution in [3.63, 3.8) is 0 Å². The largest absolute Gasteiger partial charge is 0.374 e. The van der Waals surface area contributed by atoms with E-state index in [2.05, 4.69) is 6.92 Å². The lowest BCUT2D eigenvalue weighted by atomic mass is 9.58. The van der Waals surface area contributed by atoms with E-state index >= 15 is 0 Å². The van der Waals surface area contributed by atoms with E-state index in [1.54, 1.807) is 7.11 Å². The molecule has 2 heterocycles. The third kappa shape index (κ3) is 1.13. The molecule has 4 bridgehead atoms. The summed E-state index contributed by atoms with van der Waals surface area (Å²) < 4.78 is 11.6. The summed E-state index contributed by atoms with van der Waals surface area (Å²) in [7, 11) is 1.67. The van der Waals surface area contributed by atoms with Gasteiger partial charge in [0.25, 0.3) is 0 Å². The highest BCUT2D eigenvalue weighted by molar-refractivity contribution is 5.84. The molecule has 0 aromatic heterocycles. The van der Waals surface area contributed by atoms with Crippen molar-refractivity contribution in [2.24, 2.45) is 17.3 Å². The first-order valence-electron chi connectivity index (χ1n) is 6.80. The van der Waals surface area contributed by atoms with Crippen molar-refractivity contribution in [2.45, 2.75) is 56.8 Å². The van der Waals surface area contributed by atoms with Crippen molar-refractivity contribution in [2.75, 3.05) is 7.11 Å². The van der Waals surface area contributed by atoms with E-state index in [0.717, 1.165) is 18.8 Å². The highest BCUT2D eigenvalue weighted by Crippen LogP contribution is 2.69. The Labute approximate surface area is 102 Å². The average Bonchev–Trinajstić information content (AvgIpc) is 2.64. The van der Waals surface area contributed by atoms with Gasteiger partial charge in [-0.25, -0.2) is 0 Å². The quantitative estimate of drug-likeness (QED) is 0.698. The summed E-state index contributed by atoms with van der Waals surface area (Å²) in [4.78, 5) is 12.0. The first kappa shape index (κ1) is 10.5. The van der Waals surface area contributed by atoms with Crippen molar-refractivity contribution >= 4 is 5.78 Å². The summed E-state index contributed by atoms with van der Waals surface area (Å²) in [6.07, 6.45) is 5.44. The van der Waals surface area contributed by atoms with E-state index in [0.29, 0.717) is 29.6 Å². The smallest absolute Gasteiger partial charge is 0.161 e. The highest BCUT2D eigenvalue weighted by atomic mass is 16.5. The molecule has 0 radical (unpaired) electrons. The van der Waals surface area contributed by atoms with Gasteiger partial charge >= 0.3 is 0 Å². The Bertz CT molecular complexity index is 393. The van der Waals surface area contributed by atoms with Crippen molar-refractivity contribution < 1.29 is 14.3 Å². The first-order valence-corrected chi connectivity index (χ1v) is 6.80. The first-order chi connectivity index (χ1) is 8.06. The lowest BCUT2D eigenvalue weighted by Crippen LogP contribution is -2.52. The zero-order valence-electron chi connectivity index (χ0n) is 10.6. The Morgan fingerprint density at radius 3 is 2.94 bits per heavy atom. The molecule has 1 spiro atoms. The van der Waals surface area contributed by atoms with Crippen LogP contribution in [0.1, 0.15) is 39.0 Å². The summed E-state index contributed by atoms with van der Waals surface area (Å²) in [5, 5.41) is 0. The molecule has 3 saturated carbocycles. The normalized spacial score (nSPS) is 59.8. The standard InChI is InChI=1S/C14H20O3/c1-13-7-14-5-8(13)3-11(17-13)9(14)4-10(15)12(6-14)16-2/h8-9,11-12H,3-7H2,1-2H3/t8-,9-,11+,12-,13+,14-/m1/s1. The average molecular weight is 236 g/mol. The second-order valence-electron chi connectivity index (χ2n) is 6.85. The minimum Gasteiger partial charge on any atom is -0.374 e. The third-order valence-corrected chi connectivity index (χ3v) is 6.05. The Morgan fingerprint density at radius 1 is 1.41 bits per heavy atom. The Kier molecular flexibility index (Phi) is 1.82. The van der Waals surface area contributed by atoms with Crippen molar-refractivity contribution in [3.8, 4) is 0 Å². The van der Waals surface area contributed by atoms with Crippen LogP contribution >= 0.6 is 0 Å². The number of carbonyl (C=O) groups excluding carboxylic acids is 1. The molecule has 0 aromatic carbocycles. The summed E-state index contributed by atoms with van der Waals surface area (Å²) in [5.74, 6) is 1.51. The molecule has 3 aliphatic carbocycles. The van der Waals surface area contributed by atoms with E-state index in [1.807, 2.05) is 0 Å². The number of hydrogen-bond donors (Lipinski definition) is 0. The molecule has 0 aromatic rings. The lowest BCUT2D eigenvalue weighted by molar-refractivity contribution is -0.172. The topological polar surface area (TPSA) is 35.5 Å². The fourth-order valence-electron chi connectivity index (χ4n) is 5.39. The summed E-state index contributed by atoms with van der Waals surface area (Å²) in [6, 6.07) is 0. The molecule has 17 heavy (non-hydrogen) atoms. The second kappa shape index (κ2) is 2.94. The van der Waals surface area contributed by atoms with E-state index in [9.17, 15) is 4.79 Å². The van der Waals surface area contributed by atoms with Gasteiger partial charge in [0, 0.05) is 13.5 Å². The minimum atomic E-state index is -0.147. The van der Waals surface area contributed by atoms with Gasteiger partial charge in [-0.1, -0.05) is 0 Å². The van der Waals surface area contributed by atoms with Crippen LogP contribution in [-0.2, 0) is 14.3 Å². The van der Waals surface area contributed by atoms with Gasteiger partial charge in [-0.15, -0.1) is 0 Å². The molecule has 0 amide bonds. The lowest BCUT2D eigenvalue weighted by Gasteiger charge is -2.51. The van der Waals surface area contributed by atoms with E-state index in [-0.39, 0.29) is 11.7 Å². The maximum Gasteiger partial charge on any atom is 0.161 e. The Morgan fingerprint density at radius 2 is 2.24 bits per heavy atom. The van der Waals surface area contributed by atoms with Gasteiger partial charge in [0.05, 0.1) is 11.7 Å². The number of Topliss-reactive ketones (excluding diaryl/α,β-unsaturated/α-hetero) is 1. The monoisotopic (exact) mass is 236 g/mol. The number of ketones is 1. The number of rotatable bonds is 1. The molecule has 6 atom stereocenters. The van der Waals surface area contributed by atoms with Gasteiger partial charge in [0.2, 0.25) is 0 Å². The predicted molar refractivity (Wildman–Crippen MR) is 61.6 cm³/mol. The summed E-state index contributed by atoms with van der Waals surface area (Å²) in [6.45, 7) is 2.28. The maximum atomic E-state index is 12.0. The highest BCUT2D eigenvalue weighted by Gasteiger charge is 2.69. The molecular weight excluding hydrogens is 216 g/mol. The number of carbonyl (C=O) groups is 1. The predicted octanol–water partition coefficient (Wildman–Crippen LogP) is 1.94. The zero-order chi connectivity index (χ0) is 11.8. The fraction of sp³-hybridized carbons (Fsp3) is 0.929. The number of methoxy groups -OCH3 is 1. The maximum absolute atomic E-state index is 12.0. The summed E-state index contributed by atoms with van der Waals surface area (Å²) in [5.41, 5.74) is 0.467. The molecule has 94 valence electrons. The van der Waals surface area contributed by atoms with Gasteiger partial charge in [-0.3, -0.25) is 4.79 Å². The molecule has 5 fully saturated rings. The van der Waals surface area contributed by atoms with E-state index < -0.39 is 0 Å². The molecule has 5 aliphatic rings. The molecule has 0 N–H and O–H groups in total. The SMILES string of the molecule is CO[C@@H]1C[C@]23C[C@H]4C[C@H](O[C@@]4(C)C2)[C@H]3CC1=O. The van der Waals surface area contributed by atoms with Crippen LogP contribution in [0, 0.1) is 17.3 Å². The van der Waals surface area contributed by atoms with Gasteiger partial charge in [-0.05, 0) is 49.9 Å². The second-order valence-corrected chi connectivity index (χ2v) is 6.85. The third-order valence-electron chi connectivity index (χ3n) is 6.05. The van der Waals surface area contributed by atoms with Crippen LogP contribution in [0.25, 0.3) is 0 Å². The Balaban J connectivity index is 1.73. The van der Waals surface area contributed by atoms with Crippen LogP contribution in [0.5, 0.6) is 0 Å². The zero-order valence-corrected chi connectivity index (χ0v) is 10.6. The molecular formula is C14H20O3. The van der Waals surface area contributed by atoms with Gasteiger partial charge in [0.15, 0.2) is 5.78 Å². The van der Waals surface area contributed by atoms with Crippen LogP contribution in [0.15, 0.2) is 0 Å². The van der Waals surface area contributed by atoms with Crippen molar-refractivity contribution in [1.82, 2.24) is 0 Å². The van der Waals surface area contributed by atoms with Crippen LogP contribution in [0.2, 0.25) is 0 Å². The minimum absolute atomic E-state index is 0.111. The molecule has 0 unspecified atom stereocenters. The Hall–Kier alpha value is -0.410. The van der Waals surface area contributed by atoms with E-state index in [1.165, 1.54) is 12.8 Å². The van der Waals surface area contributed by atoms with Gasteiger partial charge in [-0.2, -0.15) is 0 Å². The summed E-state index contributed by atoms with van der Waals surface area (Å²) >= 11 is 0. The van der Waals surface area contributed by atoms with Gasteiger partial charge in [0.1, 0.15) is 6.10 Å². The molecule has 2 aliphatic heterocycles. The van der Waals surface area contributed by atoms with Crippen LogP contribution in [0.4, 0.5) is 0 Å². The number of ether oxygens (including phenoxy) is 2. The van der Waals surface area contributed by atoms with Crippen LogP contribution in [0.3, 0.4) is 0 Å². The van der Waals surface area contributed by atoms with Gasteiger partial charge < -0.3 is 9.47 Å². The van der Waals surface area contributed by atoms with Crippen molar-refractivity contribution in [3.05, 3.63) is 0 Å². The molecule has 5 rings (SSSR count). The molecule has 2 saturated heterocycles. The molecule has 3 nitrogen and oxygen atoms in total.